The van der Waals surface area contributed by atoms with Crippen molar-refractivity contribution in [2.75, 3.05) is 20.3 Å². The molecule has 0 amide bonds. The number of nitrogens with zero attached hydrogens (tertiary/aromatic N) is 2. The lowest BCUT2D eigenvalue weighted by atomic mass is 10.4. The number of methoxy groups -OCH3 is 1. The van der Waals surface area contributed by atoms with Crippen LogP contribution in [-0.2, 0) is 11.2 Å². The summed E-state index contributed by atoms with van der Waals surface area (Å²) in [5, 5.41) is 4.19. The highest BCUT2D eigenvalue weighted by Gasteiger charge is 2.04. The first kappa shape index (κ1) is 14.9. The Morgan fingerprint density at radius 2 is 2.28 bits per heavy atom. The van der Waals surface area contributed by atoms with E-state index in [1.807, 2.05) is 13.8 Å². The summed E-state index contributed by atoms with van der Waals surface area (Å²) in [6, 6.07) is 0.170. The van der Waals surface area contributed by atoms with Gasteiger partial charge in [-0.05, 0) is 20.8 Å². The highest BCUT2D eigenvalue weighted by molar-refractivity contribution is 7.11. The molecule has 1 heterocycles. The largest absolute Gasteiger partial charge is 0.383 e. The van der Waals surface area contributed by atoms with Crippen molar-refractivity contribution in [1.29, 1.82) is 0 Å². The van der Waals surface area contributed by atoms with Crippen LogP contribution in [0.15, 0.2) is 4.99 Å². The van der Waals surface area contributed by atoms with Crippen molar-refractivity contribution in [3.05, 3.63) is 15.6 Å². The van der Waals surface area contributed by atoms with Crippen LogP contribution in [0.25, 0.3) is 0 Å². The fraction of sp³-hybridized carbons (Fsp3) is 0.667. The van der Waals surface area contributed by atoms with Crippen molar-refractivity contribution in [2.24, 2.45) is 10.7 Å². The molecule has 0 aliphatic carbocycles. The van der Waals surface area contributed by atoms with E-state index in [1.165, 1.54) is 4.88 Å². The number of nitrogens with one attached hydrogen (secondary N) is 1. The zero-order valence-corrected chi connectivity index (χ0v) is 12.3. The van der Waals surface area contributed by atoms with Crippen LogP contribution in [0.1, 0.15) is 22.5 Å². The van der Waals surface area contributed by atoms with Gasteiger partial charge in [0.15, 0.2) is 5.96 Å². The van der Waals surface area contributed by atoms with Crippen LogP contribution in [0, 0.1) is 13.8 Å². The van der Waals surface area contributed by atoms with Gasteiger partial charge in [-0.3, -0.25) is 4.99 Å². The summed E-state index contributed by atoms with van der Waals surface area (Å²) in [5.74, 6) is 0.463. The molecule has 1 aromatic heterocycles. The van der Waals surface area contributed by atoms with Gasteiger partial charge >= 0.3 is 0 Å². The molecular weight excluding hydrogens is 248 g/mol. The predicted octanol–water partition coefficient (Wildman–Crippen LogP) is 1.24. The van der Waals surface area contributed by atoms with Gasteiger partial charge in [-0.2, -0.15) is 0 Å². The van der Waals surface area contributed by atoms with Crippen molar-refractivity contribution >= 4 is 17.3 Å². The first-order valence-electron chi connectivity index (χ1n) is 6.01. The van der Waals surface area contributed by atoms with E-state index in [2.05, 4.69) is 22.2 Å². The van der Waals surface area contributed by atoms with Gasteiger partial charge in [-0.15, -0.1) is 11.3 Å². The molecule has 3 N–H and O–H groups in total. The highest BCUT2D eigenvalue weighted by Crippen LogP contribution is 2.16. The fourth-order valence-corrected chi connectivity index (χ4v) is 2.43. The van der Waals surface area contributed by atoms with E-state index in [4.69, 9.17) is 10.5 Å². The molecule has 0 radical (unpaired) electrons. The fourth-order valence-electron chi connectivity index (χ4n) is 1.51. The normalized spacial score (nSPS) is 13.7. The third kappa shape index (κ3) is 5.01. The molecule has 0 aliphatic heterocycles. The summed E-state index contributed by atoms with van der Waals surface area (Å²) in [5.41, 5.74) is 6.88. The average molecular weight is 270 g/mol. The number of rotatable bonds is 6. The maximum atomic E-state index is 5.77. The summed E-state index contributed by atoms with van der Waals surface area (Å²) in [4.78, 5) is 10.0. The summed E-state index contributed by atoms with van der Waals surface area (Å²) >= 11 is 1.73. The number of aromatic nitrogens is 1. The van der Waals surface area contributed by atoms with Gasteiger partial charge in [0.2, 0.25) is 0 Å². The molecule has 0 saturated carbocycles. The van der Waals surface area contributed by atoms with E-state index in [0.29, 0.717) is 19.1 Å². The smallest absolute Gasteiger partial charge is 0.188 e. The molecule has 1 aromatic rings. The number of hydrogen-bond acceptors (Lipinski definition) is 4. The van der Waals surface area contributed by atoms with Gasteiger partial charge < -0.3 is 15.8 Å². The lowest BCUT2D eigenvalue weighted by Gasteiger charge is -2.12. The van der Waals surface area contributed by atoms with E-state index in [1.54, 1.807) is 18.4 Å². The first-order chi connectivity index (χ1) is 8.52. The number of aryl methyl sites for hydroxylation is 2. The van der Waals surface area contributed by atoms with Crippen LogP contribution in [0.2, 0.25) is 0 Å². The molecule has 0 bridgehead atoms. The molecule has 0 saturated heterocycles. The standard InChI is InChI=1S/C12H22N4OS/c1-8(7-17-4)15-12(13)14-6-5-11-16-9(2)10(3)18-11/h8H,5-7H2,1-4H3,(H3,13,14,15). The van der Waals surface area contributed by atoms with E-state index in [0.717, 1.165) is 17.1 Å². The lowest BCUT2D eigenvalue weighted by Crippen LogP contribution is -2.40. The number of nitrogens with two attached hydrogens (primary N) is 1. The minimum Gasteiger partial charge on any atom is -0.383 e. The number of ether oxygens (including phenoxy) is 1. The third-order valence-electron chi connectivity index (χ3n) is 2.49. The Kier molecular flexibility index (Phi) is 6.07. The quantitative estimate of drug-likeness (QED) is 0.602. The molecule has 1 atom stereocenters. The molecule has 102 valence electrons. The Hall–Kier alpha value is -1.14. The molecule has 0 aliphatic rings. The molecule has 0 spiro atoms. The van der Waals surface area contributed by atoms with Gasteiger partial charge in [0, 0.05) is 31.0 Å². The molecule has 18 heavy (non-hydrogen) atoms. The van der Waals surface area contributed by atoms with Gasteiger partial charge in [0.25, 0.3) is 0 Å². The summed E-state index contributed by atoms with van der Waals surface area (Å²) < 4.78 is 5.01. The molecule has 1 unspecified atom stereocenters. The Bertz CT molecular complexity index is 383. The topological polar surface area (TPSA) is 72.5 Å². The summed E-state index contributed by atoms with van der Waals surface area (Å²) in [7, 11) is 1.67. The second-order valence-corrected chi connectivity index (χ2v) is 5.55. The lowest BCUT2D eigenvalue weighted by molar-refractivity contribution is 0.179. The summed E-state index contributed by atoms with van der Waals surface area (Å²) in [6.45, 7) is 7.38. The Morgan fingerprint density at radius 1 is 1.56 bits per heavy atom. The van der Waals surface area contributed by atoms with Gasteiger partial charge in [-0.1, -0.05) is 0 Å². The van der Waals surface area contributed by atoms with Crippen molar-refractivity contribution in [1.82, 2.24) is 10.3 Å². The second-order valence-electron chi connectivity index (χ2n) is 4.27. The third-order valence-corrected chi connectivity index (χ3v) is 3.62. The van der Waals surface area contributed by atoms with E-state index in [9.17, 15) is 0 Å². The van der Waals surface area contributed by atoms with Crippen molar-refractivity contribution in [2.45, 2.75) is 33.2 Å². The first-order valence-corrected chi connectivity index (χ1v) is 6.83. The molecule has 5 nitrogen and oxygen atoms in total. The highest BCUT2D eigenvalue weighted by atomic mass is 32.1. The molecule has 0 aromatic carbocycles. The Labute approximate surface area is 112 Å². The minimum atomic E-state index is 0.170. The Balaban J connectivity index is 2.35. The molecular formula is C12H22N4OS. The molecule has 1 rings (SSSR count). The van der Waals surface area contributed by atoms with Crippen LogP contribution in [0.5, 0.6) is 0 Å². The van der Waals surface area contributed by atoms with Crippen LogP contribution >= 0.6 is 11.3 Å². The number of guanidine groups is 1. The average Bonchev–Trinajstić information content (AvgIpc) is 2.58. The SMILES string of the molecule is COCC(C)NC(N)=NCCc1nc(C)c(C)s1. The van der Waals surface area contributed by atoms with Gasteiger partial charge in [0.05, 0.1) is 17.3 Å². The molecule has 0 fully saturated rings. The van der Waals surface area contributed by atoms with E-state index in [-0.39, 0.29) is 6.04 Å². The predicted molar refractivity (Wildman–Crippen MR) is 76.3 cm³/mol. The van der Waals surface area contributed by atoms with Crippen LogP contribution in [0.4, 0.5) is 0 Å². The maximum Gasteiger partial charge on any atom is 0.188 e. The minimum absolute atomic E-state index is 0.170. The monoisotopic (exact) mass is 270 g/mol. The number of hydrogen-bond donors (Lipinski definition) is 2. The van der Waals surface area contributed by atoms with Crippen LogP contribution < -0.4 is 11.1 Å². The number of thiazole rings is 1. The van der Waals surface area contributed by atoms with Crippen molar-refractivity contribution in [3.8, 4) is 0 Å². The van der Waals surface area contributed by atoms with Crippen molar-refractivity contribution in [3.63, 3.8) is 0 Å². The summed E-state index contributed by atoms with van der Waals surface area (Å²) in [6.07, 6.45) is 0.834. The van der Waals surface area contributed by atoms with Gasteiger partial charge in [-0.25, -0.2) is 4.98 Å². The van der Waals surface area contributed by atoms with E-state index >= 15 is 0 Å². The second kappa shape index (κ2) is 7.33. The molecule has 6 heteroatoms. The Morgan fingerprint density at radius 3 is 2.83 bits per heavy atom. The van der Waals surface area contributed by atoms with E-state index < -0.39 is 0 Å². The zero-order valence-electron chi connectivity index (χ0n) is 11.5. The maximum absolute atomic E-state index is 5.77. The van der Waals surface area contributed by atoms with Crippen LogP contribution in [0.3, 0.4) is 0 Å². The number of aliphatic imine (C=N–C) groups is 1. The van der Waals surface area contributed by atoms with Gasteiger partial charge in [0.1, 0.15) is 0 Å². The zero-order chi connectivity index (χ0) is 13.5. The van der Waals surface area contributed by atoms with Crippen molar-refractivity contribution < 1.29 is 4.74 Å². The van der Waals surface area contributed by atoms with Crippen LogP contribution in [-0.4, -0.2) is 37.2 Å².